The second-order valence-electron chi connectivity index (χ2n) is 6.92. The van der Waals surface area contributed by atoms with Gasteiger partial charge in [-0.05, 0) is 11.8 Å². The van der Waals surface area contributed by atoms with Crippen LogP contribution in [0.4, 0.5) is 9.93 Å². The zero-order valence-electron chi connectivity index (χ0n) is 14.5. The molecule has 2 amide bonds. The minimum absolute atomic E-state index is 0.00244. The van der Waals surface area contributed by atoms with Crippen LogP contribution in [0, 0.1) is 5.41 Å². The molecule has 0 radical (unpaired) electrons. The number of anilines is 1. The number of thiazole rings is 1. The molecule has 1 aliphatic rings. The van der Waals surface area contributed by atoms with Gasteiger partial charge in [0.25, 0.3) is 0 Å². The quantitative estimate of drug-likeness (QED) is 0.914. The van der Waals surface area contributed by atoms with Gasteiger partial charge in [-0.25, -0.2) is 9.78 Å². The van der Waals surface area contributed by atoms with Crippen LogP contribution in [-0.2, 0) is 4.74 Å². The molecule has 1 aromatic heterocycles. The Balaban J connectivity index is 1.83. The summed E-state index contributed by atoms with van der Waals surface area (Å²) in [5, 5.41) is 6.05. The van der Waals surface area contributed by atoms with E-state index in [0.717, 1.165) is 37.7 Å². The molecule has 1 N–H and O–H groups in total. The van der Waals surface area contributed by atoms with Gasteiger partial charge >= 0.3 is 6.03 Å². The molecule has 0 bridgehead atoms. The molecule has 2 heterocycles. The lowest BCUT2D eigenvalue weighted by molar-refractivity contribution is 0.0186. The van der Waals surface area contributed by atoms with Gasteiger partial charge in [0.15, 0.2) is 5.13 Å². The highest BCUT2D eigenvalue weighted by molar-refractivity contribution is 7.13. The number of aromatic nitrogens is 1. The predicted molar refractivity (Wildman–Crippen MR) is 94.2 cm³/mol. The van der Waals surface area contributed by atoms with Crippen molar-refractivity contribution in [1.82, 2.24) is 15.2 Å². The number of rotatable bonds is 4. The highest BCUT2D eigenvalue weighted by atomic mass is 32.1. The Morgan fingerprint density at radius 2 is 2.17 bits per heavy atom. The van der Waals surface area contributed by atoms with E-state index >= 15 is 0 Å². The molecule has 130 valence electrons. The fraction of sp³-hybridized carbons (Fsp3) is 0.750. The van der Waals surface area contributed by atoms with Gasteiger partial charge in [0.05, 0.1) is 6.10 Å². The van der Waals surface area contributed by atoms with Crippen molar-refractivity contribution >= 4 is 22.5 Å². The average Bonchev–Trinajstić information content (AvgIpc) is 2.91. The Morgan fingerprint density at radius 1 is 1.39 bits per heavy atom. The van der Waals surface area contributed by atoms with Gasteiger partial charge in [0.2, 0.25) is 0 Å². The molecule has 1 aromatic rings. The largest absolute Gasteiger partial charge is 0.379 e. The SMILES string of the molecule is CO[C@H](CNC(=O)N1CCCN(c2nccs2)CC1)C(C)(C)C. The third kappa shape index (κ3) is 5.07. The Morgan fingerprint density at radius 3 is 2.78 bits per heavy atom. The summed E-state index contributed by atoms with van der Waals surface area (Å²) in [7, 11) is 1.69. The standard InChI is InChI=1S/C16H28N4O2S/c1-16(2,3)13(22-4)12-18-14(21)19-7-5-8-20(10-9-19)15-17-6-11-23-15/h6,11,13H,5,7-10,12H2,1-4H3,(H,18,21)/t13-/m1/s1. The first-order valence-electron chi connectivity index (χ1n) is 8.12. The van der Waals surface area contributed by atoms with Crippen molar-refractivity contribution in [3.05, 3.63) is 11.6 Å². The minimum Gasteiger partial charge on any atom is -0.379 e. The fourth-order valence-electron chi connectivity index (χ4n) is 2.72. The Hall–Kier alpha value is -1.34. The molecular weight excluding hydrogens is 312 g/mol. The molecule has 7 heteroatoms. The van der Waals surface area contributed by atoms with Crippen molar-refractivity contribution in [3.63, 3.8) is 0 Å². The number of carbonyl (C=O) groups is 1. The predicted octanol–water partition coefficient (Wildman–Crippen LogP) is 2.43. The Kier molecular flexibility index (Phi) is 6.24. The van der Waals surface area contributed by atoms with Crippen molar-refractivity contribution < 1.29 is 9.53 Å². The lowest BCUT2D eigenvalue weighted by Gasteiger charge is -2.30. The summed E-state index contributed by atoms with van der Waals surface area (Å²) < 4.78 is 5.49. The first-order chi connectivity index (χ1) is 10.9. The molecule has 0 aromatic carbocycles. The number of hydrogen-bond acceptors (Lipinski definition) is 5. The lowest BCUT2D eigenvalue weighted by atomic mass is 9.89. The zero-order valence-corrected chi connectivity index (χ0v) is 15.4. The molecule has 1 aliphatic heterocycles. The van der Waals surface area contributed by atoms with Gasteiger partial charge in [0.1, 0.15) is 0 Å². The summed E-state index contributed by atoms with van der Waals surface area (Å²) in [5.74, 6) is 0. The van der Waals surface area contributed by atoms with E-state index in [1.165, 1.54) is 0 Å². The third-order valence-electron chi connectivity index (χ3n) is 4.16. The summed E-state index contributed by atoms with van der Waals surface area (Å²) in [4.78, 5) is 20.9. The number of ether oxygens (including phenoxy) is 1. The van der Waals surface area contributed by atoms with Gasteiger partial charge in [0, 0.05) is 51.4 Å². The van der Waals surface area contributed by atoms with Gasteiger partial charge in [-0.2, -0.15) is 0 Å². The van der Waals surface area contributed by atoms with Crippen LogP contribution in [0.2, 0.25) is 0 Å². The Bertz CT molecular complexity index is 487. The Labute approximate surface area is 142 Å². The van der Waals surface area contributed by atoms with Crippen LogP contribution in [0.15, 0.2) is 11.6 Å². The van der Waals surface area contributed by atoms with Crippen molar-refractivity contribution in [2.24, 2.45) is 5.41 Å². The maximum absolute atomic E-state index is 12.4. The molecule has 0 spiro atoms. The van der Waals surface area contributed by atoms with E-state index in [9.17, 15) is 4.79 Å². The lowest BCUT2D eigenvalue weighted by Crippen LogP contribution is -2.47. The summed E-state index contributed by atoms with van der Waals surface area (Å²) in [6, 6.07) is -0.00251. The summed E-state index contributed by atoms with van der Waals surface area (Å²) >= 11 is 1.65. The van der Waals surface area contributed by atoms with E-state index in [4.69, 9.17) is 4.74 Å². The molecule has 2 rings (SSSR count). The van der Waals surface area contributed by atoms with Gasteiger partial charge in [-0.15, -0.1) is 11.3 Å². The van der Waals surface area contributed by atoms with E-state index in [1.54, 1.807) is 18.4 Å². The molecule has 1 saturated heterocycles. The summed E-state index contributed by atoms with van der Waals surface area (Å²) in [6.07, 6.45) is 2.79. The normalized spacial score (nSPS) is 17.7. The minimum atomic E-state index is -0.00251. The summed E-state index contributed by atoms with van der Waals surface area (Å²) in [5.41, 5.74) is 0.00244. The van der Waals surface area contributed by atoms with Crippen molar-refractivity contribution in [2.45, 2.75) is 33.3 Å². The molecule has 23 heavy (non-hydrogen) atoms. The van der Waals surface area contributed by atoms with Crippen LogP contribution in [-0.4, -0.2) is 61.9 Å². The van der Waals surface area contributed by atoms with Crippen LogP contribution in [0.5, 0.6) is 0 Å². The number of hydrogen-bond donors (Lipinski definition) is 1. The second kappa shape index (κ2) is 7.97. The third-order valence-corrected chi connectivity index (χ3v) is 4.99. The topological polar surface area (TPSA) is 57.7 Å². The van der Waals surface area contributed by atoms with E-state index < -0.39 is 0 Å². The van der Waals surface area contributed by atoms with Gasteiger partial charge in [-0.1, -0.05) is 20.8 Å². The molecule has 1 fully saturated rings. The highest BCUT2D eigenvalue weighted by Gasteiger charge is 2.26. The van der Waals surface area contributed by atoms with Crippen LogP contribution < -0.4 is 10.2 Å². The second-order valence-corrected chi connectivity index (χ2v) is 7.79. The van der Waals surface area contributed by atoms with Crippen LogP contribution >= 0.6 is 11.3 Å². The summed E-state index contributed by atoms with van der Waals surface area (Å²) in [6.45, 7) is 10.2. The first kappa shape index (κ1) is 18.0. The number of nitrogens with one attached hydrogen (secondary N) is 1. The number of amides is 2. The van der Waals surface area contributed by atoms with E-state index in [-0.39, 0.29) is 17.6 Å². The molecular formula is C16H28N4O2S. The maximum Gasteiger partial charge on any atom is 0.317 e. The van der Waals surface area contributed by atoms with E-state index in [1.807, 2.05) is 16.5 Å². The zero-order chi connectivity index (χ0) is 16.9. The smallest absolute Gasteiger partial charge is 0.317 e. The number of carbonyl (C=O) groups excluding carboxylic acids is 1. The number of nitrogens with zero attached hydrogens (tertiary/aromatic N) is 3. The molecule has 1 atom stereocenters. The molecule has 6 nitrogen and oxygen atoms in total. The fourth-order valence-corrected chi connectivity index (χ4v) is 3.42. The van der Waals surface area contributed by atoms with E-state index in [2.05, 4.69) is 36.0 Å². The van der Waals surface area contributed by atoms with Crippen LogP contribution in [0.3, 0.4) is 0 Å². The van der Waals surface area contributed by atoms with Crippen LogP contribution in [0.25, 0.3) is 0 Å². The van der Waals surface area contributed by atoms with E-state index in [0.29, 0.717) is 6.54 Å². The van der Waals surface area contributed by atoms with Crippen molar-refractivity contribution in [3.8, 4) is 0 Å². The van der Waals surface area contributed by atoms with Crippen LogP contribution in [0.1, 0.15) is 27.2 Å². The molecule has 0 unspecified atom stereocenters. The average molecular weight is 340 g/mol. The molecule has 0 aliphatic carbocycles. The first-order valence-corrected chi connectivity index (χ1v) is 9.00. The van der Waals surface area contributed by atoms with Gasteiger partial charge < -0.3 is 19.9 Å². The number of urea groups is 1. The van der Waals surface area contributed by atoms with Gasteiger partial charge in [-0.3, -0.25) is 0 Å². The van der Waals surface area contributed by atoms with Crippen molar-refractivity contribution in [2.75, 3.05) is 44.7 Å². The monoisotopic (exact) mass is 340 g/mol. The highest BCUT2D eigenvalue weighted by Crippen LogP contribution is 2.21. The maximum atomic E-state index is 12.4. The molecule has 0 saturated carbocycles. The van der Waals surface area contributed by atoms with Crippen molar-refractivity contribution in [1.29, 1.82) is 0 Å². The number of methoxy groups -OCH3 is 1.